The van der Waals surface area contributed by atoms with Gasteiger partial charge in [-0.3, -0.25) is 14.2 Å². The molecule has 0 saturated carbocycles. The predicted molar refractivity (Wildman–Crippen MR) is 108 cm³/mol. The lowest BCUT2D eigenvalue weighted by atomic mass is 9.89. The molecule has 0 bridgehead atoms. The van der Waals surface area contributed by atoms with Gasteiger partial charge in [0, 0.05) is 0 Å². The summed E-state index contributed by atoms with van der Waals surface area (Å²) in [6.07, 6.45) is 0. The fraction of sp³-hybridized carbons (Fsp3) is 0.333. The first-order valence-electron chi connectivity index (χ1n) is 8.52. The van der Waals surface area contributed by atoms with E-state index >= 15 is 0 Å². The summed E-state index contributed by atoms with van der Waals surface area (Å²) in [7, 11) is 4.66. The first kappa shape index (κ1) is 23.3. The van der Waals surface area contributed by atoms with Crippen molar-refractivity contribution in [2.75, 3.05) is 14.2 Å². The van der Waals surface area contributed by atoms with E-state index in [0.29, 0.717) is 17.1 Å². The van der Waals surface area contributed by atoms with Gasteiger partial charge in [-0.1, -0.05) is 36.4 Å². The fourth-order valence-corrected chi connectivity index (χ4v) is 2.64. The Hall–Kier alpha value is -2.72. The third-order valence-corrected chi connectivity index (χ3v) is 3.71. The molecular weight excluding hydrogens is 379 g/mol. The Balaban J connectivity index is 0.00000190. The van der Waals surface area contributed by atoms with Gasteiger partial charge >= 0.3 is 5.97 Å². The highest BCUT2D eigenvalue weighted by Crippen LogP contribution is 2.34. The molecule has 0 saturated heterocycles. The van der Waals surface area contributed by atoms with Gasteiger partial charge in [-0.05, 0) is 38.5 Å². The standard InChI is InChI=1S/C21H24O5.HOP/c1-21(2,3)26-20(23)17(14-10-7-6-8-11-14)19(22)18-15(24-4)12-9-13-16(18)25-5;1-2/h6-13,17H,1-5H3;2H. The number of hydrogen-bond donors (Lipinski definition) is 0. The highest BCUT2D eigenvalue weighted by atomic mass is 31.0. The number of carbonyl (C=O) groups is 2. The maximum absolute atomic E-state index is 13.4. The molecule has 0 fully saturated rings. The minimum Gasteiger partial charge on any atom is -0.496 e. The number of ketones is 1. The summed E-state index contributed by atoms with van der Waals surface area (Å²) in [6, 6.07) is 13.9. The van der Waals surface area contributed by atoms with Crippen LogP contribution in [0.4, 0.5) is 0 Å². The molecule has 1 unspecified atom stereocenters. The van der Waals surface area contributed by atoms with Crippen LogP contribution in [0.5, 0.6) is 11.5 Å². The van der Waals surface area contributed by atoms with Gasteiger partial charge in [0.1, 0.15) is 37.7 Å². The summed E-state index contributed by atoms with van der Waals surface area (Å²) in [5, 5.41) is 0. The Morgan fingerprint density at radius 2 is 1.36 bits per heavy atom. The van der Waals surface area contributed by atoms with E-state index in [4.69, 9.17) is 18.8 Å². The Kier molecular flexibility index (Phi) is 8.80. The van der Waals surface area contributed by atoms with Crippen LogP contribution in [0.1, 0.15) is 42.6 Å². The lowest BCUT2D eigenvalue weighted by molar-refractivity contribution is -0.155. The quantitative estimate of drug-likeness (QED) is 0.306. The molecule has 28 heavy (non-hydrogen) atoms. The average molecular weight is 404 g/mol. The van der Waals surface area contributed by atoms with E-state index < -0.39 is 23.3 Å². The molecule has 0 heterocycles. The van der Waals surface area contributed by atoms with Gasteiger partial charge in [-0.15, -0.1) is 0 Å². The number of hydrogen-bond acceptors (Lipinski definition) is 6. The molecule has 0 aliphatic heterocycles. The Morgan fingerprint density at radius 3 is 1.79 bits per heavy atom. The molecule has 150 valence electrons. The van der Waals surface area contributed by atoms with E-state index in [-0.39, 0.29) is 5.56 Å². The molecule has 0 N–H and O–H groups in total. The van der Waals surface area contributed by atoms with Crippen LogP contribution in [-0.2, 0) is 14.1 Å². The van der Waals surface area contributed by atoms with Gasteiger partial charge in [0.25, 0.3) is 0 Å². The number of esters is 1. The fourth-order valence-electron chi connectivity index (χ4n) is 2.64. The van der Waals surface area contributed by atoms with E-state index in [9.17, 15) is 9.59 Å². The van der Waals surface area contributed by atoms with E-state index in [1.165, 1.54) is 14.2 Å². The van der Waals surface area contributed by atoms with Gasteiger partial charge in [-0.2, -0.15) is 0 Å². The van der Waals surface area contributed by atoms with Crippen LogP contribution in [-0.4, -0.2) is 31.6 Å². The number of rotatable bonds is 6. The monoisotopic (exact) mass is 404 g/mol. The van der Waals surface area contributed by atoms with Gasteiger partial charge in [-0.25, -0.2) is 0 Å². The van der Waals surface area contributed by atoms with Crippen LogP contribution >= 0.6 is 9.12 Å². The Bertz CT molecular complexity index is 776. The van der Waals surface area contributed by atoms with Crippen molar-refractivity contribution < 1.29 is 28.4 Å². The Morgan fingerprint density at radius 1 is 0.857 bits per heavy atom. The SMILES string of the molecule is COc1cccc(OC)c1C(=O)C(C(=O)OC(C)(C)C)c1ccccc1.O=P. The number of Topliss-reactive ketones (excluding diaryl/α,β-unsaturated/α-hetero) is 1. The maximum Gasteiger partial charge on any atom is 0.321 e. The average Bonchev–Trinajstić information content (AvgIpc) is 2.68. The lowest BCUT2D eigenvalue weighted by Crippen LogP contribution is -2.31. The molecule has 1 atom stereocenters. The van der Waals surface area contributed by atoms with Gasteiger partial charge in [0.05, 0.1) is 14.2 Å². The second-order valence-electron chi connectivity index (χ2n) is 6.78. The molecule has 2 aromatic carbocycles. The zero-order valence-electron chi connectivity index (χ0n) is 16.6. The van der Waals surface area contributed by atoms with Gasteiger partial charge in [0.2, 0.25) is 0 Å². The molecule has 0 aliphatic rings. The Labute approximate surface area is 167 Å². The summed E-state index contributed by atoms with van der Waals surface area (Å²) < 4.78 is 24.2. The third kappa shape index (κ3) is 5.89. The van der Waals surface area contributed by atoms with Crippen molar-refractivity contribution in [2.45, 2.75) is 32.3 Å². The first-order chi connectivity index (χ1) is 13.3. The molecule has 0 aliphatic carbocycles. The molecule has 0 radical (unpaired) electrons. The lowest BCUT2D eigenvalue weighted by Gasteiger charge is -2.24. The van der Waals surface area contributed by atoms with Crippen molar-refractivity contribution in [3.8, 4) is 11.5 Å². The smallest absolute Gasteiger partial charge is 0.321 e. The van der Waals surface area contributed by atoms with Crippen molar-refractivity contribution >= 4 is 20.9 Å². The van der Waals surface area contributed by atoms with Crippen molar-refractivity contribution in [1.82, 2.24) is 0 Å². The molecular formula is C21H25O6P. The highest BCUT2D eigenvalue weighted by Gasteiger charge is 2.36. The summed E-state index contributed by atoms with van der Waals surface area (Å²) >= 11 is 0. The topological polar surface area (TPSA) is 78.9 Å². The van der Waals surface area contributed by atoms with E-state index in [2.05, 4.69) is 0 Å². The number of methoxy groups -OCH3 is 2. The summed E-state index contributed by atoms with van der Waals surface area (Å²) in [6.45, 7) is 5.29. The zero-order chi connectivity index (χ0) is 21.3. The minimum absolute atomic E-state index is 0.220. The molecule has 2 aromatic rings. The molecule has 7 heteroatoms. The number of ether oxygens (including phenoxy) is 3. The van der Waals surface area contributed by atoms with Crippen molar-refractivity contribution in [3.05, 3.63) is 59.7 Å². The summed E-state index contributed by atoms with van der Waals surface area (Å²) in [5.41, 5.74) is 0.0619. The summed E-state index contributed by atoms with van der Waals surface area (Å²) in [5.74, 6) is -1.46. The van der Waals surface area contributed by atoms with Crippen LogP contribution < -0.4 is 9.47 Å². The molecule has 0 amide bonds. The van der Waals surface area contributed by atoms with Crippen LogP contribution in [0.2, 0.25) is 0 Å². The van der Waals surface area contributed by atoms with Gasteiger partial charge in [0.15, 0.2) is 5.78 Å². The van der Waals surface area contributed by atoms with E-state index in [1.54, 1.807) is 72.4 Å². The predicted octanol–water partition coefficient (Wildman–Crippen LogP) is 4.49. The first-order valence-corrected chi connectivity index (χ1v) is 8.92. The third-order valence-electron chi connectivity index (χ3n) is 3.71. The zero-order valence-corrected chi connectivity index (χ0v) is 17.6. The highest BCUT2D eigenvalue weighted by molar-refractivity contribution is 7.00. The molecule has 0 aromatic heterocycles. The van der Waals surface area contributed by atoms with Crippen LogP contribution in [0.25, 0.3) is 0 Å². The van der Waals surface area contributed by atoms with Crippen LogP contribution in [0.15, 0.2) is 48.5 Å². The second kappa shape index (κ2) is 10.6. The van der Waals surface area contributed by atoms with Crippen molar-refractivity contribution in [2.24, 2.45) is 0 Å². The minimum atomic E-state index is -1.11. The van der Waals surface area contributed by atoms with Crippen molar-refractivity contribution in [3.63, 3.8) is 0 Å². The largest absolute Gasteiger partial charge is 0.496 e. The molecule has 6 nitrogen and oxygen atoms in total. The van der Waals surface area contributed by atoms with E-state index in [0.717, 1.165) is 0 Å². The maximum atomic E-state index is 13.4. The van der Waals surface area contributed by atoms with Crippen molar-refractivity contribution in [1.29, 1.82) is 0 Å². The molecule has 2 rings (SSSR count). The summed E-state index contributed by atoms with van der Waals surface area (Å²) in [4.78, 5) is 26.2. The second-order valence-corrected chi connectivity index (χ2v) is 6.78. The number of benzene rings is 2. The molecule has 0 spiro atoms. The van der Waals surface area contributed by atoms with Crippen LogP contribution in [0.3, 0.4) is 0 Å². The van der Waals surface area contributed by atoms with Gasteiger partial charge < -0.3 is 14.2 Å². The van der Waals surface area contributed by atoms with Crippen LogP contribution in [0, 0.1) is 0 Å². The normalized spacial score (nSPS) is 11.5. The number of carbonyl (C=O) groups excluding carboxylic acids is 2. The van der Waals surface area contributed by atoms with E-state index in [1.807, 2.05) is 6.07 Å².